The van der Waals surface area contributed by atoms with Gasteiger partial charge in [0.25, 0.3) is 0 Å². The predicted octanol–water partition coefficient (Wildman–Crippen LogP) is 0.138. The molecule has 7 nitrogen and oxygen atoms in total. The van der Waals surface area contributed by atoms with Gasteiger partial charge in [0.2, 0.25) is 16.0 Å². The minimum Gasteiger partial charge on any atom is -0.355 e. The normalized spacial score (nSPS) is 11.8. The van der Waals surface area contributed by atoms with Gasteiger partial charge in [-0.25, -0.2) is 23.1 Å². The lowest BCUT2D eigenvalue weighted by molar-refractivity contribution is 0.400. The van der Waals surface area contributed by atoms with E-state index < -0.39 is 10.0 Å². The largest absolute Gasteiger partial charge is 0.355 e. The van der Waals surface area contributed by atoms with Crippen molar-refractivity contribution in [2.75, 3.05) is 39.0 Å². The molecule has 0 spiro atoms. The minimum atomic E-state index is -3.51. The van der Waals surface area contributed by atoms with Crippen molar-refractivity contribution in [2.24, 2.45) is 0 Å². The second-order valence-electron chi connectivity index (χ2n) is 4.33. The van der Waals surface area contributed by atoms with E-state index >= 15 is 0 Å². The zero-order valence-electron chi connectivity index (χ0n) is 11.5. The van der Waals surface area contributed by atoms with Crippen LogP contribution in [0.15, 0.2) is 17.3 Å². The number of aromatic nitrogens is 2. The van der Waals surface area contributed by atoms with E-state index in [2.05, 4.69) is 20.0 Å². The molecule has 0 saturated carbocycles. The number of nitrogens with zero attached hydrogens (tertiary/aromatic N) is 3. The Morgan fingerprint density at radius 3 is 2.42 bits per heavy atom. The van der Waals surface area contributed by atoms with E-state index in [1.165, 1.54) is 12.4 Å². The number of hydrogen-bond donors (Lipinski definition) is 2. The number of anilines is 1. The van der Waals surface area contributed by atoms with Crippen molar-refractivity contribution in [3.63, 3.8) is 0 Å². The third-order valence-electron chi connectivity index (χ3n) is 2.35. The third-order valence-corrected chi connectivity index (χ3v) is 3.76. The first-order valence-electron chi connectivity index (χ1n) is 6.16. The Morgan fingerprint density at radius 2 is 1.89 bits per heavy atom. The van der Waals surface area contributed by atoms with Crippen LogP contribution in [-0.4, -0.2) is 57.0 Å². The Morgan fingerprint density at radius 1 is 1.26 bits per heavy atom. The highest BCUT2D eigenvalue weighted by molar-refractivity contribution is 7.89. The number of sulfonamides is 1. The maximum atomic E-state index is 11.9. The van der Waals surface area contributed by atoms with Crippen LogP contribution in [0.25, 0.3) is 0 Å². The summed E-state index contributed by atoms with van der Waals surface area (Å²) in [6, 6.07) is 0. The second-order valence-corrected chi connectivity index (χ2v) is 6.09. The van der Waals surface area contributed by atoms with Crippen molar-refractivity contribution >= 4 is 16.0 Å². The Kier molecular flexibility index (Phi) is 6.13. The summed E-state index contributed by atoms with van der Waals surface area (Å²) in [4.78, 5) is 9.97. The molecule has 0 aliphatic heterocycles. The number of rotatable bonds is 8. The summed E-state index contributed by atoms with van der Waals surface area (Å²) in [6.07, 6.45) is 3.36. The van der Waals surface area contributed by atoms with Gasteiger partial charge in [-0.2, -0.15) is 0 Å². The van der Waals surface area contributed by atoms with Gasteiger partial charge in [0.15, 0.2) is 0 Å². The van der Waals surface area contributed by atoms with E-state index in [4.69, 9.17) is 0 Å². The maximum Gasteiger partial charge on any atom is 0.243 e. The summed E-state index contributed by atoms with van der Waals surface area (Å²) in [5.74, 6) is 0.425. The van der Waals surface area contributed by atoms with Crippen molar-refractivity contribution in [2.45, 2.75) is 18.2 Å². The van der Waals surface area contributed by atoms with Crippen LogP contribution in [0.3, 0.4) is 0 Å². The molecule has 0 radical (unpaired) electrons. The van der Waals surface area contributed by atoms with Gasteiger partial charge in [0.1, 0.15) is 4.90 Å². The highest BCUT2D eigenvalue weighted by Gasteiger charge is 2.14. The molecule has 108 valence electrons. The fourth-order valence-electron chi connectivity index (χ4n) is 1.39. The summed E-state index contributed by atoms with van der Waals surface area (Å²) in [5, 5.41) is 2.91. The molecule has 2 N–H and O–H groups in total. The molecule has 0 aromatic carbocycles. The molecule has 0 fully saturated rings. The van der Waals surface area contributed by atoms with Gasteiger partial charge in [-0.3, -0.25) is 0 Å². The minimum absolute atomic E-state index is 0.0824. The Labute approximate surface area is 114 Å². The van der Waals surface area contributed by atoms with Crippen molar-refractivity contribution in [1.29, 1.82) is 0 Å². The van der Waals surface area contributed by atoms with Crippen molar-refractivity contribution in [1.82, 2.24) is 19.6 Å². The lowest BCUT2D eigenvalue weighted by Crippen LogP contribution is -2.27. The van der Waals surface area contributed by atoms with Crippen LogP contribution in [0.5, 0.6) is 0 Å². The van der Waals surface area contributed by atoms with Crippen LogP contribution in [-0.2, 0) is 10.0 Å². The van der Waals surface area contributed by atoms with Crippen molar-refractivity contribution in [3.05, 3.63) is 12.4 Å². The standard InChI is InChI=1S/C11H21N5O2S/c1-4-12-11-13-8-10(9-14-11)19(17,18)15-6-5-7-16(2)3/h8-9,15H,4-7H2,1-3H3,(H,12,13,14). The average Bonchev–Trinajstić information content (AvgIpc) is 2.36. The van der Waals surface area contributed by atoms with Crippen LogP contribution in [0.2, 0.25) is 0 Å². The lowest BCUT2D eigenvalue weighted by atomic mass is 10.4. The monoisotopic (exact) mass is 287 g/mol. The van der Waals surface area contributed by atoms with Gasteiger partial charge < -0.3 is 10.2 Å². The zero-order chi connectivity index (χ0) is 14.3. The fraction of sp³-hybridized carbons (Fsp3) is 0.636. The van der Waals surface area contributed by atoms with E-state index in [0.29, 0.717) is 19.0 Å². The van der Waals surface area contributed by atoms with E-state index in [1.807, 2.05) is 25.9 Å². The molecule has 1 heterocycles. The summed E-state index contributed by atoms with van der Waals surface area (Å²) in [6.45, 7) is 3.84. The molecule has 0 amide bonds. The molecule has 1 rings (SSSR count). The zero-order valence-corrected chi connectivity index (χ0v) is 12.4. The molecule has 0 aliphatic rings. The lowest BCUT2D eigenvalue weighted by Gasteiger charge is -2.10. The van der Waals surface area contributed by atoms with Gasteiger partial charge in [0, 0.05) is 13.1 Å². The quantitative estimate of drug-likeness (QED) is 0.661. The topological polar surface area (TPSA) is 87.2 Å². The van der Waals surface area contributed by atoms with Crippen LogP contribution in [0.1, 0.15) is 13.3 Å². The molecule has 1 aromatic rings. The summed E-state index contributed by atoms with van der Waals surface area (Å²) < 4.78 is 26.4. The Bertz CT molecular complexity index is 472. The van der Waals surface area contributed by atoms with Crippen LogP contribution in [0.4, 0.5) is 5.95 Å². The van der Waals surface area contributed by atoms with E-state index in [9.17, 15) is 8.42 Å². The van der Waals surface area contributed by atoms with Gasteiger partial charge in [-0.05, 0) is 34.0 Å². The van der Waals surface area contributed by atoms with E-state index in [0.717, 1.165) is 13.0 Å². The molecule has 0 unspecified atom stereocenters. The third kappa shape index (κ3) is 5.50. The van der Waals surface area contributed by atoms with Gasteiger partial charge in [-0.15, -0.1) is 0 Å². The molecule has 0 aliphatic carbocycles. The SMILES string of the molecule is CCNc1ncc(S(=O)(=O)NCCCN(C)C)cn1. The molecule has 0 atom stereocenters. The van der Waals surface area contributed by atoms with Crippen LogP contribution < -0.4 is 10.0 Å². The molecule has 0 bridgehead atoms. The first kappa shape index (κ1) is 15.8. The highest BCUT2D eigenvalue weighted by Crippen LogP contribution is 2.07. The first-order chi connectivity index (χ1) is 8.95. The number of nitrogens with one attached hydrogen (secondary N) is 2. The van der Waals surface area contributed by atoms with E-state index in [1.54, 1.807) is 0 Å². The van der Waals surface area contributed by atoms with E-state index in [-0.39, 0.29) is 4.90 Å². The van der Waals surface area contributed by atoms with Gasteiger partial charge in [0.05, 0.1) is 12.4 Å². The second kappa shape index (κ2) is 7.37. The summed E-state index contributed by atoms with van der Waals surface area (Å²) in [5.41, 5.74) is 0. The summed E-state index contributed by atoms with van der Waals surface area (Å²) >= 11 is 0. The smallest absolute Gasteiger partial charge is 0.243 e. The summed E-state index contributed by atoms with van der Waals surface area (Å²) in [7, 11) is 0.381. The van der Waals surface area contributed by atoms with Crippen LogP contribution >= 0.6 is 0 Å². The molecule has 1 aromatic heterocycles. The molecule has 0 saturated heterocycles. The first-order valence-corrected chi connectivity index (χ1v) is 7.64. The number of hydrogen-bond acceptors (Lipinski definition) is 6. The molecule has 19 heavy (non-hydrogen) atoms. The molecule has 8 heteroatoms. The van der Waals surface area contributed by atoms with Crippen LogP contribution in [0, 0.1) is 0 Å². The van der Waals surface area contributed by atoms with Gasteiger partial charge >= 0.3 is 0 Å². The highest BCUT2D eigenvalue weighted by atomic mass is 32.2. The molecular weight excluding hydrogens is 266 g/mol. The fourth-order valence-corrected chi connectivity index (χ4v) is 2.35. The average molecular weight is 287 g/mol. The Hall–Kier alpha value is -1.25. The predicted molar refractivity (Wildman–Crippen MR) is 74.6 cm³/mol. The Balaban J connectivity index is 2.56. The van der Waals surface area contributed by atoms with Crippen molar-refractivity contribution < 1.29 is 8.42 Å². The van der Waals surface area contributed by atoms with Gasteiger partial charge in [-0.1, -0.05) is 0 Å². The molecular formula is C11H21N5O2S. The van der Waals surface area contributed by atoms with Crippen molar-refractivity contribution in [3.8, 4) is 0 Å². The maximum absolute atomic E-state index is 11.9.